The number of methoxy groups -OCH3 is 3. The number of ether oxygens (including phenoxy) is 3. The third-order valence-corrected chi connectivity index (χ3v) is 2.68. The van der Waals surface area contributed by atoms with Gasteiger partial charge < -0.3 is 19.3 Å². The summed E-state index contributed by atoms with van der Waals surface area (Å²) < 4.78 is 15.5. The van der Waals surface area contributed by atoms with Gasteiger partial charge in [0.2, 0.25) is 5.75 Å². The minimum atomic E-state index is -0.538. The van der Waals surface area contributed by atoms with Crippen LogP contribution in [0, 0.1) is 10.1 Å². The minimum absolute atomic E-state index is 0.0304. The van der Waals surface area contributed by atoms with Crippen molar-refractivity contribution in [2.45, 2.75) is 12.8 Å². The van der Waals surface area contributed by atoms with Crippen LogP contribution in [0.15, 0.2) is 6.07 Å². The molecule has 0 heterocycles. The number of nitro groups is 1. The van der Waals surface area contributed by atoms with Crippen molar-refractivity contribution in [2.75, 3.05) is 27.9 Å². The number of rotatable bonds is 7. The van der Waals surface area contributed by atoms with Gasteiger partial charge in [-0.3, -0.25) is 10.1 Å². The smallest absolute Gasteiger partial charge is 0.315 e. The van der Waals surface area contributed by atoms with Crippen molar-refractivity contribution in [3.05, 3.63) is 21.7 Å². The van der Waals surface area contributed by atoms with E-state index in [1.165, 1.54) is 27.4 Å². The number of aliphatic hydroxyl groups excluding tert-OH is 1. The first-order valence-corrected chi connectivity index (χ1v) is 5.67. The molecule has 0 aromatic heterocycles. The van der Waals surface area contributed by atoms with Gasteiger partial charge in [-0.05, 0) is 12.8 Å². The molecule has 0 aliphatic carbocycles. The van der Waals surface area contributed by atoms with Crippen LogP contribution in [-0.2, 0) is 6.42 Å². The number of hydrogen-bond acceptors (Lipinski definition) is 6. The fourth-order valence-corrected chi connectivity index (χ4v) is 1.88. The van der Waals surface area contributed by atoms with Crippen LogP contribution < -0.4 is 14.2 Å². The second-order valence-corrected chi connectivity index (χ2v) is 3.73. The van der Waals surface area contributed by atoms with Crippen molar-refractivity contribution < 1.29 is 24.2 Å². The van der Waals surface area contributed by atoms with Crippen LogP contribution in [-0.4, -0.2) is 38.0 Å². The number of hydrogen-bond donors (Lipinski definition) is 1. The Hall–Kier alpha value is -2.02. The van der Waals surface area contributed by atoms with E-state index in [9.17, 15) is 10.1 Å². The van der Waals surface area contributed by atoms with E-state index in [1.807, 2.05) is 0 Å². The van der Waals surface area contributed by atoms with E-state index in [1.54, 1.807) is 0 Å². The summed E-state index contributed by atoms with van der Waals surface area (Å²) in [6.45, 7) is -0.0304. The summed E-state index contributed by atoms with van der Waals surface area (Å²) in [5.41, 5.74) is 0.332. The van der Waals surface area contributed by atoms with Gasteiger partial charge in [0.25, 0.3) is 0 Å². The summed E-state index contributed by atoms with van der Waals surface area (Å²) in [4.78, 5) is 10.5. The Kier molecular flexibility index (Phi) is 5.37. The van der Waals surface area contributed by atoms with Crippen LogP contribution >= 0.6 is 0 Å². The second-order valence-electron chi connectivity index (χ2n) is 3.73. The molecule has 1 aromatic carbocycles. The van der Waals surface area contributed by atoms with Crippen molar-refractivity contribution >= 4 is 5.69 Å². The molecule has 1 rings (SSSR count). The molecule has 0 bridgehead atoms. The summed E-state index contributed by atoms with van der Waals surface area (Å²) >= 11 is 0. The minimum Gasteiger partial charge on any atom is -0.493 e. The van der Waals surface area contributed by atoms with Crippen molar-refractivity contribution in [3.63, 3.8) is 0 Å². The zero-order valence-electron chi connectivity index (χ0n) is 11.1. The predicted octanol–water partition coefficient (Wildman–Crippen LogP) is 1.55. The molecule has 19 heavy (non-hydrogen) atoms. The molecule has 0 aliphatic heterocycles. The highest BCUT2D eigenvalue weighted by Gasteiger charge is 2.26. The van der Waals surface area contributed by atoms with Crippen LogP contribution in [0.4, 0.5) is 5.69 Å². The van der Waals surface area contributed by atoms with E-state index >= 15 is 0 Å². The molecule has 0 saturated carbocycles. The largest absolute Gasteiger partial charge is 0.493 e. The average molecular weight is 271 g/mol. The van der Waals surface area contributed by atoms with Gasteiger partial charge in [-0.2, -0.15) is 0 Å². The average Bonchev–Trinajstić information content (AvgIpc) is 2.42. The van der Waals surface area contributed by atoms with Crippen molar-refractivity contribution in [3.8, 4) is 17.2 Å². The number of nitro benzene ring substituents is 1. The fraction of sp³-hybridized carbons (Fsp3) is 0.500. The molecule has 0 saturated heterocycles. The zero-order chi connectivity index (χ0) is 14.4. The summed E-state index contributed by atoms with van der Waals surface area (Å²) in [6, 6.07) is 1.26. The number of aliphatic hydroxyl groups is 1. The van der Waals surface area contributed by atoms with Crippen molar-refractivity contribution in [1.29, 1.82) is 0 Å². The Balaban J connectivity index is 3.49. The molecule has 0 unspecified atom stereocenters. The third-order valence-electron chi connectivity index (χ3n) is 2.68. The number of nitrogens with zero attached hydrogens (tertiary/aromatic N) is 1. The van der Waals surface area contributed by atoms with Gasteiger partial charge in [-0.1, -0.05) is 0 Å². The van der Waals surface area contributed by atoms with E-state index in [0.29, 0.717) is 24.2 Å². The lowest BCUT2D eigenvalue weighted by Gasteiger charge is -2.16. The summed E-state index contributed by atoms with van der Waals surface area (Å²) in [7, 11) is 4.21. The molecule has 1 aromatic rings. The summed E-state index contributed by atoms with van der Waals surface area (Å²) in [5.74, 6) is 0.789. The topological polar surface area (TPSA) is 91.1 Å². The van der Waals surface area contributed by atoms with Gasteiger partial charge in [-0.25, -0.2) is 0 Å². The monoisotopic (exact) mass is 271 g/mol. The van der Waals surface area contributed by atoms with Crippen molar-refractivity contribution in [1.82, 2.24) is 0 Å². The van der Waals surface area contributed by atoms with E-state index in [4.69, 9.17) is 19.3 Å². The molecule has 1 N–H and O–H groups in total. The Morgan fingerprint density at radius 1 is 1.21 bits per heavy atom. The van der Waals surface area contributed by atoms with Crippen LogP contribution in [0.2, 0.25) is 0 Å². The first kappa shape index (κ1) is 15.0. The number of benzene rings is 1. The summed E-state index contributed by atoms with van der Waals surface area (Å²) in [6.07, 6.45) is 0.831. The molecule has 106 valence electrons. The first-order valence-electron chi connectivity index (χ1n) is 5.67. The molecule has 7 nitrogen and oxygen atoms in total. The predicted molar refractivity (Wildman–Crippen MR) is 68.2 cm³/mol. The van der Waals surface area contributed by atoms with E-state index in [2.05, 4.69) is 0 Å². The first-order chi connectivity index (χ1) is 9.10. The maximum Gasteiger partial charge on any atom is 0.315 e. The SMILES string of the molecule is COc1cc([N+](=O)[O-])c(OC)c(CCCO)c1OC. The molecular weight excluding hydrogens is 254 g/mol. The molecule has 0 atom stereocenters. The molecule has 7 heteroatoms. The molecule has 0 aliphatic rings. The molecule has 0 spiro atoms. The molecular formula is C12H17NO6. The van der Waals surface area contributed by atoms with Gasteiger partial charge in [0, 0.05) is 12.2 Å². The van der Waals surface area contributed by atoms with Crippen molar-refractivity contribution in [2.24, 2.45) is 0 Å². The Morgan fingerprint density at radius 3 is 2.26 bits per heavy atom. The fourth-order valence-electron chi connectivity index (χ4n) is 1.88. The standard InChI is InChI=1S/C12H17NO6/c1-17-10-7-9(13(15)16)11(18-2)8(5-4-6-14)12(10)19-3/h7,14H,4-6H2,1-3H3. The van der Waals surface area contributed by atoms with Gasteiger partial charge in [0.15, 0.2) is 11.5 Å². The highest BCUT2D eigenvalue weighted by Crippen LogP contribution is 2.44. The Bertz CT molecular complexity index is 460. The van der Waals surface area contributed by atoms with Crippen LogP contribution in [0.25, 0.3) is 0 Å². The van der Waals surface area contributed by atoms with Gasteiger partial charge >= 0.3 is 5.69 Å². The molecule has 0 amide bonds. The zero-order valence-corrected chi connectivity index (χ0v) is 11.1. The normalized spacial score (nSPS) is 10.1. The highest BCUT2D eigenvalue weighted by molar-refractivity contribution is 5.64. The van der Waals surface area contributed by atoms with Gasteiger partial charge in [0.1, 0.15) is 0 Å². The summed E-state index contributed by atoms with van der Waals surface area (Å²) in [5, 5.41) is 20.0. The quantitative estimate of drug-likeness (QED) is 0.597. The second kappa shape index (κ2) is 6.79. The molecule has 0 fully saturated rings. The van der Waals surface area contributed by atoms with Crippen LogP contribution in [0.5, 0.6) is 17.2 Å². The van der Waals surface area contributed by atoms with Gasteiger partial charge in [-0.15, -0.1) is 0 Å². The Labute approximate surface area is 110 Å². The van der Waals surface area contributed by atoms with Crippen LogP contribution in [0.1, 0.15) is 12.0 Å². The van der Waals surface area contributed by atoms with Crippen LogP contribution in [0.3, 0.4) is 0 Å². The lowest BCUT2D eigenvalue weighted by Crippen LogP contribution is -2.04. The maximum absolute atomic E-state index is 11.1. The third kappa shape index (κ3) is 3.05. The van der Waals surface area contributed by atoms with E-state index in [0.717, 1.165) is 0 Å². The van der Waals surface area contributed by atoms with Gasteiger partial charge in [0.05, 0.1) is 32.3 Å². The van der Waals surface area contributed by atoms with E-state index < -0.39 is 4.92 Å². The lowest BCUT2D eigenvalue weighted by atomic mass is 10.0. The Morgan fingerprint density at radius 2 is 1.84 bits per heavy atom. The maximum atomic E-state index is 11.1. The van der Waals surface area contributed by atoms with E-state index in [-0.39, 0.29) is 23.8 Å². The molecule has 0 radical (unpaired) electrons. The lowest BCUT2D eigenvalue weighted by molar-refractivity contribution is -0.385. The highest BCUT2D eigenvalue weighted by atomic mass is 16.6.